The number of benzene rings is 1. The molecule has 0 radical (unpaired) electrons. The van der Waals surface area contributed by atoms with Gasteiger partial charge in [0, 0.05) is 5.69 Å². The van der Waals surface area contributed by atoms with Crippen LogP contribution in [0.1, 0.15) is 10.6 Å². The number of aromatic carboxylic acids is 1. The second-order valence-electron chi connectivity index (χ2n) is 2.81. The predicted molar refractivity (Wildman–Crippen MR) is 50.5 cm³/mol. The fourth-order valence-corrected chi connectivity index (χ4v) is 1.11. The van der Waals surface area contributed by atoms with Crippen LogP contribution in [0.3, 0.4) is 0 Å². The van der Waals surface area contributed by atoms with Gasteiger partial charge in [0.2, 0.25) is 0 Å². The summed E-state index contributed by atoms with van der Waals surface area (Å²) in [5.74, 6) is -1.42. The van der Waals surface area contributed by atoms with Crippen LogP contribution in [-0.2, 0) is 0 Å². The first kappa shape index (κ1) is 9.13. The van der Waals surface area contributed by atoms with Crippen LogP contribution in [-0.4, -0.2) is 31.3 Å². The van der Waals surface area contributed by atoms with Gasteiger partial charge < -0.3 is 10.8 Å². The summed E-state index contributed by atoms with van der Waals surface area (Å²) in [4.78, 5) is 10.7. The quantitative estimate of drug-likeness (QED) is 0.665. The van der Waals surface area contributed by atoms with Gasteiger partial charge in [-0.05, 0) is 34.7 Å². The number of nitrogens with two attached hydrogens (primary N) is 1. The number of carbonyl (C=O) groups is 1. The van der Waals surface area contributed by atoms with Crippen molar-refractivity contribution < 1.29 is 9.90 Å². The summed E-state index contributed by atoms with van der Waals surface area (Å²) in [5, 5.41) is 19.0. The molecule has 7 nitrogen and oxygen atoms in total. The Labute approximate surface area is 84.1 Å². The number of hydrogen-bond donors (Lipinski definition) is 2. The molecule has 0 amide bonds. The van der Waals surface area contributed by atoms with E-state index < -0.39 is 5.97 Å². The van der Waals surface area contributed by atoms with Crippen LogP contribution < -0.4 is 5.73 Å². The molecule has 0 saturated heterocycles. The number of rotatable bonds is 2. The van der Waals surface area contributed by atoms with Crippen LogP contribution in [0, 0.1) is 0 Å². The smallest absolute Gasteiger partial charge is 0.376 e. The molecule has 0 unspecified atom stereocenters. The van der Waals surface area contributed by atoms with E-state index in [-0.39, 0.29) is 5.82 Å². The highest BCUT2D eigenvalue weighted by atomic mass is 16.4. The molecule has 1 aromatic heterocycles. The van der Waals surface area contributed by atoms with Crippen LogP contribution in [0.25, 0.3) is 5.69 Å². The van der Waals surface area contributed by atoms with E-state index in [0.717, 1.165) is 4.68 Å². The summed E-state index contributed by atoms with van der Waals surface area (Å²) < 4.78 is 1.13. The van der Waals surface area contributed by atoms with Gasteiger partial charge in [0.1, 0.15) is 0 Å². The lowest BCUT2D eigenvalue weighted by atomic mass is 10.3. The van der Waals surface area contributed by atoms with Gasteiger partial charge in [-0.3, -0.25) is 0 Å². The highest BCUT2D eigenvalue weighted by Crippen LogP contribution is 2.10. The molecule has 76 valence electrons. The molecular formula is C8H7N5O2. The number of aromatic nitrogens is 4. The van der Waals surface area contributed by atoms with Gasteiger partial charge in [-0.15, -0.1) is 5.10 Å². The van der Waals surface area contributed by atoms with E-state index in [1.165, 1.54) is 0 Å². The Kier molecular flexibility index (Phi) is 2.05. The van der Waals surface area contributed by atoms with Gasteiger partial charge in [-0.1, -0.05) is 0 Å². The van der Waals surface area contributed by atoms with E-state index in [4.69, 9.17) is 10.8 Å². The molecule has 1 aromatic carbocycles. The van der Waals surface area contributed by atoms with Gasteiger partial charge in [0.25, 0.3) is 5.82 Å². The molecule has 0 aliphatic carbocycles. The van der Waals surface area contributed by atoms with E-state index in [1.54, 1.807) is 24.3 Å². The Morgan fingerprint density at radius 1 is 1.33 bits per heavy atom. The third-order valence-corrected chi connectivity index (χ3v) is 1.80. The average Bonchev–Trinajstić information content (AvgIpc) is 2.67. The number of tetrazole rings is 1. The molecule has 7 heteroatoms. The van der Waals surface area contributed by atoms with Crippen molar-refractivity contribution in [3.8, 4) is 5.69 Å². The Balaban J connectivity index is 2.49. The lowest BCUT2D eigenvalue weighted by Crippen LogP contribution is -2.09. The fourth-order valence-electron chi connectivity index (χ4n) is 1.11. The first-order chi connectivity index (χ1) is 7.18. The number of nitrogen functional groups attached to an aromatic ring is 1. The topological polar surface area (TPSA) is 107 Å². The van der Waals surface area contributed by atoms with Crippen molar-refractivity contribution in [1.29, 1.82) is 0 Å². The lowest BCUT2D eigenvalue weighted by Gasteiger charge is -2.01. The first-order valence-electron chi connectivity index (χ1n) is 4.06. The molecule has 2 rings (SSSR count). The summed E-state index contributed by atoms with van der Waals surface area (Å²) in [6.07, 6.45) is 0. The zero-order valence-electron chi connectivity index (χ0n) is 7.53. The van der Waals surface area contributed by atoms with E-state index in [9.17, 15) is 4.79 Å². The van der Waals surface area contributed by atoms with Crippen molar-refractivity contribution >= 4 is 11.7 Å². The third-order valence-electron chi connectivity index (χ3n) is 1.80. The highest BCUT2D eigenvalue weighted by molar-refractivity contribution is 5.83. The van der Waals surface area contributed by atoms with Crippen LogP contribution in [0.4, 0.5) is 5.69 Å². The normalized spacial score (nSPS) is 10.1. The van der Waals surface area contributed by atoms with Crippen molar-refractivity contribution in [3.05, 3.63) is 30.1 Å². The Bertz CT molecular complexity index is 490. The monoisotopic (exact) mass is 205 g/mol. The molecule has 0 saturated carbocycles. The zero-order chi connectivity index (χ0) is 10.8. The Hall–Kier alpha value is -2.44. The van der Waals surface area contributed by atoms with Crippen molar-refractivity contribution in [2.24, 2.45) is 0 Å². The summed E-state index contributed by atoms with van der Waals surface area (Å²) in [7, 11) is 0. The number of anilines is 1. The molecule has 1 heterocycles. The zero-order valence-corrected chi connectivity index (χ0v) is 7.53. The SMILES string of the molecule is Nc1ccc(-n2nnnc2C(=O)O)cc1. The summed E-state index contributed by atoms with van der Waals surface area (Å²) >= 11 is 0. The fraction of sp³-hybridized carbons (Fsp3) is 0. The number of nitrogens with zero attached hydrogens (tertiary/aromatic N) is 4. The van der Waals surface area contributed by atoms with E-state index >= 15 is 0 Å². The number of carboxylic acids is 1. The molecule has 0 fully saturated rings. The summed E-state index contributed by atoms with van der Waals surface area (Å²) in [6, 6.07) is 6.56. The second-order valence-corrected chi connectivity index (χ2v) is 2.81. The molecule has 0 atom stereocenters. The highest BCUT2D eigenvalue weighted by Gasteiger charge is 2.14. The van der Waals surface area contributed by atoms with Gasteiger partial charge in [0.15, 0.2) is 0 Å². The standard InChI is InChI=1S/C8H7N5O2/c9-5-1-3-6(4-2-5)13-7(8(14)15)10-11-12-13/h1-4H,9H2,(H,14,15). The number of hydrogen-bond acceptors (Lipinski definition) is 5. The van der Waals surface area contributed by atoms with Crippen molar-refractivity contribution in [1.82, 2.24) is 20.2 Å². The number of carboxylic acid groups (broad SMARTS) is 1. The average molecular weight is 205 g/mol. The minimum absolute atomic E-state index is 0.236. The third kappa shape index (κ3) is 1.62. The van der Waals surface area contributed by atoms with E-state index in [2.05, 4.69) is 15.5 Å². The largest absolute Gasteiger partial charge is 0.475 e. The molecule has 2 aromatic rings. The minimum atomic E-state index is -1.18. The molecular weight excluding hydrogens is 198 g/mol. The van der Waals surface area contributed by atoms with Gasteiger partial charge >= 0.3 is 5.97 Å². The van der Waals surface area contributed by atoms with Gasteiger partial charge in [-0.2, -0.15) is 4.68 Å². The summed E-state index contributed by atoms with van der Waals surface area (Å²) in [5.41, 5.74) is 6.64. The van der Waals surface area contributed by atoms with Crippen LogP contribution in [0.5, 0.6) is 0 Å². The van der Waals surface area contributed by atoms with Crippen molar-refractivity contribution in [3.63, 3.8) is 0 Å². The van der Waals surface area contributed by atoms with Crippen LogP contribution in [0.15, 0.2) is 24.3 Å². The molecule has 0 aliphatic rings. The molecule has 0 spiro atoms. The van der Waals surface area contributed by atoms with Crippen LogP contribution >= 0.6 is 0 Å². The lowest BCUT2D eigenvalue weighted by molar-refractivity contribution is 0.0680. The van der Waals surface area contributed by atoms with Gasteiger partial charge in [0.05, 0.1) is 5.69 Å². The molecule has 15 heavy (non-hydrogen) atoms. The summed E-state index contributed by atoms with van der Waals surface area (Å²) in [6.45, 7) is 0. The molecule has 0 bridgehead atoms. The van der Waals surface area contributed by atoms with E-state index in [0.29, 0.717) is 11.4 Å². The predicted octanol–water partition coefficient (Wildman–Crippen LogP) is -0.0573. The minimum Gasteiger partial charge on any atom is -0.475 e. The Morgan fingerprint density at radius 2 is 2.00 bits per heavy atom. The van der Waals surface area contributed by atoms with Crippen molar-refractivity contribution in [2.45, 2.75) is 0 Å². The maximum Gasteiger partial charge on any atom is 0.376 e. The second kappa shape index (κ2) is 3.37. The Morgan fingerprint density at radius 3 is 2.60 bits per heavy atom. The molecule has 3 N–H and O–H groups in total. The molecule has 0 aliphatic heterocycles. The first-order valence-corrected chi connectivity index (χ1v) is 4.06. The van der Waals surface area contributed by atoms with Crippen LogP contribution in [0.2, 0.25) is 0 Å². The van der Waals surface area contributed by atoms with Gasteiger partial charge in [-0.25, -0.2) is 4.79 Å². The maximum absolute atomic E-state index is 10.7. The van der Waals surface area contributed by atoms with Crippen molar-refractivity contribution in [2.75, 3.05) is 5.73 Å². The maximum atomic E-state index is 10.7. The van der Waals surface area contributed by atoms with E-state index in [1.807, 2.05) is 0 Å².